The van der Waals surface area contributed by atoms with Crippen LogP contribution in [0.3, 0.4) is 0 Å². The number of likely N-dealkylation sites (tertiary alicyclic amines) is 2. The number of alkyl halides is 6. The number of piperazine rings is 1. The van der Waals surface area contributed by atoms with Crippen LogP contribution in [0.4, 0.5) is 48.3 Å². The maximum atomic E-state index is 13.6. The lowest BCUT2D eigenvalue weighted by Crippen LogP contribution is -2.48. The van der Waals surface area contributed by atoms with Crippen LogP contribution in [0.25, 0.3) is 27.9 Å². The van der Waals surface area contributed by atoms with Crippen molar-refractivity contribution in [2.45, 2.75) is 97.2 Å². The number of amides is 3. The molecule has 142 heavy (non-hydrogen) atoms. The maximum Gasteiger partial charge on any atom is 0.573 e. The fraction of sp³-hybridized carbons (Fsp3) is 0.348. The number of likely N-dealkylation sites (N-methyl/N-ethyl adjacent to an activating group) is 3. The minimum Gasteiger partial charge on any atom is -0.493 e. The third kappa shape index (κ3) is 26.0. The fourth-order valence-electron chi connectivity index (χ4n) is 18.1. The van der Waals surface area contributed by atoms with Gasteiger partial charge in [0, 0.05) is 103 Å². The van der Waals surface area contributed by atoms with E-state index in [1.54, 1.807) is 60.7 Å². The molecular formula is C112H111F11N6O13. The zero-order chi connectivity index (χ0) is 99.1. The van der Waals surface area contributed by atoms with Gasteiger partial charge in [0.05, 0.1) is 36.5 Å². The van der Waals surface area contributed by atoms with E-state index < -0.39 is 12.7 Å². The second-order valence-electron chi connectivity index (χ2n) is 36.7. The van der Waals surface area contributed by atoms with Crippen LogP contribution in [-0.4, -0.2) is 188 Å². The van der Waals surface area contributed by atoms with Crippen LogP contribution >= 0.6 is 0 Å². The van der Waals surface area contributed by atoms with Gasteiger partial charge < -0.3 is 72.7 Å². The van der Waals surface area contributed by atoms with Crippen LogP contribution in [0.2, 0.25) is 0 Å². The molecule has 10 aromatic rings. The van der Waals surface area contributed by atoms with E-state index in [4.69, 9.17) is 37.9 Å². The molecule has 0 spiro atoms. The summed E-state index contributed by atoms with van der Waals surface area (Å²) in [5, 5.41) is 6.03. The monoisotopic (exact) mass is 1960 g/mol. The highest BCUT2D eigenvalue weighted by Crippen LogP contribution is 2.48. The molecular weight excluding hydrogens is 1850 g/mol. The van der Waals surface area contributed by atoms with Crippen molar-refractivity contribution >= 4 is 45.6 Å². The topological polar surface area (TPSA) is 181 Å². The molecule has 0 unspecified atom stereocenters. The third-order valence-electron chi connectivity index (χ3n) is 26.1. The van der Waals surface area contributed by atoms with Crippen molar-refractivity contribution in [1.29, 1.82) is 0 Å². The van der Waals surface area contributed by atoms with Crippen molar-refractivity contribution in [3.05, 3.63) is 325 Å². The standard InChI is InChI=1S/C25H27FN2O3.C24H24FNO3.C22H21F4NO2.C22H22FNO3.C19H17F4NO2/c1-27-10-12-28(13-11-27)25(29)22-16-31-23-9-8-20(30-15-17-2-3-17)14-21(23)24(22)18-4-6-19(26)7-5-18;25-18-7-5-17(6-8-18)23-20-13-19(28-14-16-3-4-16)9-10-22(20)29-15-21(23)24(27)26-11-1-2-12-26;23-17-6-4-15(5-7-17)21-16(13-27-10-2-1-3-11-27)14-28-20-9-8-18(12-19(20)21)29-22(24,25)26;1-2-24-22(25)19-13-27-20-10-9-17(26-12-14-3-4-14)11-18(20)21(19)15-5-7-16(23)8-6-15;1-2-24-10-13-11-25-17-8-7-15(26-19(21,22)23)9-16(17)18(13)12-3-5-14(20)6-4-12/h4-9,14,17H,2-3,10-13,15-16H2,1H3;5-10,13,16H,1-4,11-12,14-15H2;4-9,12H,1-3,10-11,13-14H2;5-11,14H,2-4,12-13H2,1H3,(H,24,25);3-9,24H,2,10-11H2,1H3. The van der Waals surface area contributed by atoms with Crippen LogP contribution in [0.5, 0.6) is 57.5 Å². The van der Waals surface area contributed by atoms with Crippen molar-refractivity contribution in [2.24, 2.45) is 17.8 Å². The molecule has 0 bridgehead atoms. The van der Waals surface area contributed by atoms with Crippen molar-refractivity contribution in [3.8, 4) is 57.5 Å². The molecule has 6 fully saturated rings. The number of fused-ring (bicyclic) bond motifs is 5. The minimum atomic E-state index is -4.78. The molecule has 0 radical (unpaired) electrons. The Balaban J connectivity index is 0.000000122. The zero-order valence-corrected chi connectivity index (χ0v) is 79.1. The molecule has 11 aliphatic rings. The molecule has 21 rings (SSSR count). The van der Waals surface area contributed by atoms with E-state index >= 15 is 0 Å². The summed E-state index contributed by atoms with van der Waals surface area (Å²) in [6.45, 7) is 16.2. The van der Waals surface area contributed by atoms with E-state index in [1.165, 1.54) is 142 Å². The summed E-state index contributed by atoms with van der Waals surface area (Å²) in [5.41, 5.74) is 14.8. The Bertz CT molecular complexity index is 6340. The predicted molar refractivity (Wildman–Crippen MR) is 517 cm³/mol. The maximum absolute atomic E-state index is 13.6. The smallest absolute Gasteiger partial charge is 0.493 e. The number of rotatable bonds is 25. The SMILES string of the molecule is CCNC(=O)C1=C(c2ccc(F)cc2)c2cc(OCC3CC3)ccc2OC1.CCNCC1=C(c2ccc(F)cc2)c2cc(OC(F)(F)F)ccc2OC1.CN1CCN(C(=O)C2=C(c3ccc(F)cc3)c3cc(OCC4CC4)ccc3OC2)CC1.Fc1ccc(C2=C(CN3CCCCC3)COc3ccc(OC(F)(F)F)cc32)cc1.O=C(C1=C(c2ccc(F)cc2)c2cc(OCC3CC3)ccc2OC1)N1CCCC1. The highest BCUT2D eigenvalue weighted by atomic mass is 19.4. The number of piperidine rings is 1. The summed E-state index contributed by atoms with van der Waals surface area (Å²) in [6, 6.07) is 55.9. The lowest BCUT2D eigenvalue weighted by molar-refractivity contribution is -0.275. The molecule has 19 nitrogen and oxygen atoms in total. The van der Waals surface area contributed by atoms with Crippen LogP contribution in [0.15, 0.2) is 240 Å². The summed E-state index contributed by atoms with van der Waals surface area (Å²) >= 11 is 0. The van der Waals surface area contributed by atoms with Crippen molar-refractivity contribution in [1.82, 2.24) is 30.2 Å². The number of nitrogens with zero attached hydrogens (tertiary/aromatic N) is 4. The van der Waals surface area contributed by atoms with Crippen LogP contribution < -0.4 is 58.0 Å². The molecule has 0 atom stereocenters. The lowest BCUT2D eigenvalue weighted by Gasteiger charge is -2.34. The summed E-state index contributed by atoms with van der Waals surface area (Å²) in [5.74, 6) is 4.85. The van der Waals surface area contributed by atoms with Gasteiger partial charge in [-0.05, 0) is 317 Å². The first-order chi connectivity index (χ1) is 68.7. The minimum absolute atomic E-state index is 0.0109. The van der Waals surface area contributed by atoms with Gasteiger partial charge in [0.2, 0.25) is 0 Å². The van der Waals surface area contributed by atoms with Gasteiger partial charge >= 0.3 is 12.7 Å². The molecule has 3 saturated carbocycles. The molecule has 8 aliphatic heterocycles. The van der Waals surface area contributed by atoms with E-state index in [0.29, 0.717) is 133 Å². The molecule has 10 aromatic carbocycles. The average Bonchev–Trinajstić information content (AvgIpc) is 1.24. The second kappa shape index (κ2) is 45.6. The van der Waals surface area contributed by atoms with E-state index in [1.807, 2.05) is 78.2 Å². The Kier molecular flexibility index (Phi) is 32.1. The summed E-state index contributed by atoms with van der Waals surface area (Å²) in [6.07, 6.45) is 3.28. The van der Waals surface area contributed by atoms with E-state index in [0.717, 1.165) is 179 Å². The first kappa shape index (κ1) is 100.0. The Morgan fingerprint density at radius 1 is 0.345 bits per heavy atom. The highest BCUT2D eigenvalue weighted by molar-refractivity contribution is 6.09. The molecule has 3 aliphatic carbocycles. The van der Waals surface area contributed by atoms with Gasteiger partial charge in [0.25, 0.3) is 17.7 Å². The summed E-state index contributed by atoms with van der Waals surface area (Å²) in [7, 11) is 2.06. The van der Waals surface area contributed by atoms with Gasteiger partial charge in [-0.2, -0.15) is 0 Å². The Morgan fingerprint density at radius 2 is 0.648 bits per heavy atom. The number of ether oxygens (including phenoxy) is 10. The van der Waals surface area contributed by atoms with Gasteiger partial charge in [-0.3, -0.25) is 19.3 Å². The average molecular weight is 1960 g/mol. The van der Waals surface area contributed by atoms with E-state index in [-0.39, 0.29) is 78.1 Å². The number of carbonyl (C=O) groups excluding carboxylic acids is 3. The Morgan fingerprint density at radius 3 is 1.00 bits per heavy atom. The number of hydrogen-bond acceptors (Lipinski definition) is 16. The first-order valence-electron chi connectivity index (χ1n) is 48.4. The molecule has 3 saturated heterocycles. The quantitative estimate of drug-likeness (QED) is 0.0515. The largest absolute Gasteiger partial charge is 0.573 e. The van der Waals surface area contributed by atoms with Crippen LogP contribution in [0.1, 0.15) is 140 Å². The van der Waals surface area contributed by atoms with Gasteiger partial charge in [-0.25, -0.2) is 22.0 Å². The predicted octanol–water partition coefficient (Wildman–Crippen LogP) is 21.9. The molecule has 3 amide bonds. The van der Waals surface area contributed by atoms with Crippen LogP contribution in [0, 0.1) is 46.8 Å². The lowest BCUT2D eigenvalue weighted by atomic mass is 9.90. The second-order valence-corrected chi connectivity index (χ2v) is 36.7. The van der Waals surface area contributed by atoms with Gasteiger partial charge in [0.1, 0.15) is 120 Å². The first-order valence-corrected chi connectivity index (χ1v) is 48.4. The van der Waals surface area contributed by atoms with Crippen molar-refractivity contribution in [2.75, 3.05) is 138 Å². The molecule has 2 N–H and O–H groups in total. The van der Waals surface area contributed by atoms with Gasteiger partial charge in [-0.15, -0.1) is 26.3 Å². The number of benzene rings is 10. The number of halogens is 11. The summed E-state index contributed by atoms with van der Waals surface area (Å²) in [4.78, 5) is 47.7. The number of nitrogens with one attached hydrogen (secondary N) is 2. The van der Waals surface area contributed by atoms with E-state index in [9.17, 15) is 62.7 Å². The Labute approximate surface area is 817 Å². The van der Waals surface area contributed by atoms with Crippen LogP contribution in [-0.2, 0) is 14.4 Å². The number of hydrogen-bond donors (Lipinski definition) is 2. The molecule has 0 aromatic heterocycles. The molecule has 30 heteroatoms. The van der Waals surface area contributed by atoms with Gasteiger partial charge in [-0.1, -0.05) is 74.0 Å². The van der Waals surface area contributed by atoms with Crippen molar-refractivity contribution < 1.29 is 110 Å². The number of carbonyl (C=O) groups is 3. The van der Waals surface area contributed by atoms with E-state index in [2.05, 4.69) is 37.0 Å². The highest BCUT2D eigenvalue weighted by Gasteiger charge is 2.39. The zero-order valence-electron chi connectivity index (χ0n) is 79.1. The fourth-order valence-corrected chi connectivity index (χ4v) is 18.1. The third-order valence-corrected chi connectivity index (χ3v) is 26.1. The molecule has 744 valence electrons. The van der Waals surface area contributed by atoms with Crippen molar-refractivity contribution in [3.63, 3.8) is 0 Å². The normalized spacial score (nSPS) is 17.1. The Hall–Kier alpha value is -13.6. The van der Waals surface area contributed by atoms with Gasteiger partial charge in [0.15, 0.2) is 0 Å². The molecule has 8 heterocycles. The summed E-state index contributed by atoms with van der Waals surface area (Å²) < 4.78 is 199.